The summed E-state index contributed by atoms with van der Waals surface area (Å²) >= 11 is 0. The Labute approximate surface area is 123 Å². The van der Waals surface area contributed by atoms with E-state index in [0.29, 0.717) is 19.6 Å². The van der Waals surface area contributed by atoms with Crippen molar-refractivity contribution >= 4 is 33.5 Å². The molecule has 4 nitrogen and oxygen atoms in total. The lowest BCUT2D eigenvalue weighted by Gasteiger charge is -2.07. The molecular formula is C17H18N2O2. The van der Waals surface area contributed by atoms with Crippen LogP contribution in [-0.2, 0) is 16.1 Å². The minimum atomic E-state index is -0.168. The Hall–Kier alpha value is -2.49. The Kier molecular flexibility index (Phi) is 3.52. The monoisotopic (exact) mass is 282 g/mol. The fourth-order valence-corrected chi connectivity index (χ4v) is 2.75. The van der Waals surface area contributed by atoms with Gasteiger partial charge in [-0.3, -0.25) is 4.79 Å². The van der Waals surface area contributed by atoms with Gasteiger partial charge in [-0.15, -0.1) is 0 Å². The summed E-state index contributed by atoms with van der Waals surface area (Å²) in [5.41, 5.74) is 8.85. The van der Waals surface area contributed by atoms with Gasteiger partial charge in [0.2, 0.25) is 0 Å². The van der Waals surface area contributed by atoms with E-state index in [2.05, 4.69) is 16.7 Å². The number of nitrogens with zero attached hydrogens (tertiary/aromatic N) is 1. The first kappa shape index (κ1) is 13.5. The van der Waals surface area contributed by atoms with E-state index >= 15 is 0 Å². The van der Waals surface area contributed by atoms with Crippen LogP contribution in [0.4, 0.5) is 5.69 Å². The van der Waals surface area contributed by atoms with Gasteiger partial charge in [0.25, 0.3) is 0 Å². The van der Waals surface area contributed by atoms with Crippen molar-refractivity contribution in [2.24, 2.45) is 0 Å². The average molecular weight is 282 g/mol. The van der Waals surface area contributed by atoms with Gasteiger partial charge in [-0.1, -0.05) is 18.2 Å². The van der Waals surface area contributed by atoms with E-state index in [4.69, 9.17) is 10.5 Å². The molecule has 0 aliphatic heterocycles. The molecule has 0 unspecified atom stereocenters. The van der Waals surface area contributed by atoms with Crippen LogP contribution in [0.3, 0.4) is 0 Å². The second kappa shape index (κ2) is 5.48. The fraction of sp³-hybridized carbons (Fsp3) is 0.235. The number of rotatable bonds is 4. The molecule has 108 valence electrons. The second-order valence-electron chi connectivity index (χ2n) is 5.00. The third kappa shape index (κ3) is 2.44. The number of nitrogen functional groups attached to an aromatic ring is 1. The topological polar surface area (TPSA) is 57.2 Å². The van der Waals surface area contributed by atoms with Crippen molar-refractivity contribution in [3.05, 3.63) is 42.5 Å². The second-order valence-corrected chi connectivity index (χ2v) is 5.00. The largest absolute Gasteiger partial charge is 0.466 e. The number of benzene rings is 2. The number of anilines is 1. The summed E-state index contributed by atoms with van der Waals surface area (Å²) < 4.78 is 7.16. The number of aromatic nitrogens is 1. The molecule has 0 atom stereocenters. The summed E-state index contributed by atoms with van der Waals surface area (Å²) in [6, 6.07) is 14.1. The zero-order chi connectivity index (χ0) is 14.8. The lowest BCUT2D eigenvalue weighted by atomic mass is 10.1. The predicted molar refractivity (Wildman–Crippen MR) is 85.1 cm³/mol. The smallest absolute Gasteiger partial charge is 0.307 e. The molecular weight excluding hydrogens is 264 g/mol. The molecule has 0 bridgehead atoms. The highest BCUT2D eigenvalue weighted by Crippen LogP contribution is 2.30. The molecule has 3 aromatic rings. The van der Waals surface area contributed by atoms with Gasteiger partial charge >= 0.3 is 5.97 Å². The Morgan fingerprint density at radius 3 is 2.71 bits per heavy atom. The van der Waals surface area contributed by atoms with E-state index in [-0.39, 0.29) is 5.97 Å². The number of nitrogens with two attached hydrogens (primary N) is 1. The van der Waals surface area contributed by atoms with E-state index in [9.17, 15) is 4.79 Å². The molecule has 0 spiro atoms. The van der Waals surface area contributed by atoms with Gasteiger partial charge in [0, 0.05) is 34.0 Å². The minimum Gasteiger partial charge on any atom is -0.466 e. The molecule has 0 saturated heterocycles. The normalized spacial score (nSPS) is 11.1. The Bertz CT molecular complexity index is 805. The summed E-state index contributed by atoms with van der Waals surface area (Å²) in [4.78, 5) is 11.6. The number of para-hydroxylation sites is 1. The number of carbonyl (C=O) groups is 1. The van der Waals surface area contributed by atoms with Crippen molar-refractivity contribution in [2.75, 3.05) is 12.3 Å². The van der Waals surface area contributed by atoms with E-state index in [0.717, 1.165) is 27.5 Å². The van der Waals surface area contributed by atoms with E-state index in [1.165, 1.54) is 0 Å². The Morgan fingerprint density at radius 2 is 1.90 bits per heavy atom. The highest BCUT2D eigenvalue weighted by Gasteiger charge is 2.11. The van der Waals surface area contributed by atoms with Gasteiger partial charge in [-0.05, 0) is 31.2 Å². The lowest BCUT2D eigenvalue weighted by Crippen LogP contribution is -2.08. The van der Waals surface area contributed by atoms with Crippen LogP contribution in [-0.4, -0.2) is 17.1 Å². The molecule has 2 aromatic carbocycles. The van der Waals surface area contributed by atoms with Crippen LogP contribution in [0.1, 0.15) is 13.3 Å². The summed E-state index contributed by atoms with van der Waals surface area (Å²) in [5.74, 6) is -0.168. The molecule has 0 saturated carbocycles. The quantitative estimate of drug-likeness (QED) is 0.590. The third-order valence-corrected chi connectivity index (χ3v) is 3.64. The van der Waals surface area contributed by atoms with Gasteiger partial charge in [0.15, 0.2) is 0 Å². The number of fused-ring (bicyclic) bond motifs is 3. The van der Waals surface area contributed by atoms with Crippen LogP contribution in [0.15, 0.2) is 42.5 Å². The van der Waals surface area contributed by atoms with Crippen LogP contribution >= 0.6 is 0 Å². The van der Waals surface area contributed by atoms with Crippen molar-refractivity contribution in [3.63, 3.8) is 0 Å². The first-order chi connectivity index (χ1) is 10.2. The number of carbonyl (C=O) groups excluding carboxylic acids is 1. The van der Waals surface area contributed by atoms with E-state index < -0.39 is 0 Å². The molecule has 0 amide bonds. The zero-order valence-corrected chi connectivity index (χ0v) is 12.0. The molecule has 3 rings (SSSR count). The molecule has 0 radical (unpaired) electrons. The van der Waals surface area contributed by atoms with Crippen LogP contribution in [0.5, 0.6) is 0 Å². The summed E-state index contributed by atoms with van der Waals surface area (Å²) in [6.07, 6.45) is 0.367. The highest BCUT2D eigenvalue weighted by atomic mass is 16.5. The first-order valence-electron chi connectivity index (χ1n) is 7.13. The molecule has 1 heterocycles. The third-order valence-electron chi connectivity index (χ3n) is 3.64. The maximum Gasteiger partial charge on any atom is 0.307 e. The van der Waals surface area contributed by atoms with E-state index in [1.54, 1.807) is 0 Å². The number of aryl methyl sites for hydroxylation is 1. The van der Waals surface area contributed by atoms with Crippen LogP contribution in [0.25, 0.3) is 21.8 Å². The van der Waals surface area contributed by atoms with Gasteiger partial charge in [0.1, 0.15) is 0 Å². The molecule has 4 heteroatoms. The maximum atomic E-state index is 11.6. The molecule has 0 fully saturated rings. The average Bonchev–Trinajstić information content (AvgIpc) is 2.79. The van der Waals surface area contributed by atoms with Crippen molar-refractivity contribution in [1.82, 2.24) is 4.57 Å². The zero-order valence-electron chi connectivity index (χ0n) is 12.0. The van der Waals surface area contributed by atoms with Crippen LogP contribution < -0.4 is 5.73 Å². The lowest BCUT2D eigenvalue weighted by molar-refractivity contribution is -0.143. The molecule has 0 aliphatic carbocycles. The van der Waals surface area contributed by atoms with Crippen LogP contribution in [0.2, 0.25) is 0 Å². The molecule has 21 heavy (non-hydrogen) atoms. The fourth-order valence-electron chi connectivity index (χ4n) is 2.75. The van der Waals surface area contributed by atoms with Crippen molar-refractivity contribution < 1.29 is 9.53 Å². The van der Waals surface area contributed by atoms with Crippen molar-refractivity contribution in [1.29, 1.82) is 0 Å². The van der Waals surface area contributed by atoms with Crippen molar-refractivity contribution in [2.45, 2.75) is 19.9 Å². The molecule has 1 aromatic heterocycles. The summed E-state index contributed by atoms with van der Waals surface area (Å²) in [6.45, 7) is 2.84. The minimum absolute atomic E-state index is 0.168. The van der Waals surface area contributed by atoms with Gasteiger partial charge < -0.3 is 15.0 Å². The summed E-state index contributed by atoms with van der Waals surface area (Å²) in [5, 5.41) is 2.28. The predicted octanol–water partition coefficient (Wildman–Crippen LogP) is 3.33. The molecule has 0 aliphatic rings. The van der Waals surface area contributed by atoms with Gasteiger partial charge in [0.05, 0.1) is 13.0 Å². The van der Waals surface area contributed by atoms with E-state index in [1.807, 2.05) is 37.3 Å². The Balaban J connectivity index is 2.08. The number of esters is 1. The standard InChI is InChI=1S/C17H18N2O2/c1-2-21-17(20)9-10-19-15-6-4-3-5-13(15)14-11-12(18)7-8-16(14)19/h3-8,11H,2,9-10,18H2,1H3. The summed E-state index contributed by atoms with van der Waals surface area (Å²) in [7, 11) is 0. The highest BCUT2D eigenvalue weighted by molar-refractivity contribution is 6.09. The SMILES string of the molecule is CCOC(=O)CCn1c2ccccc2c2cc(N)ccc21. The number of hydrogen-bond donors (Lipinski definition) is 1. The van der Waals surface area contributed by atoms with Crippen molar-refractivity contribution in [3.8, 4) is 0 Å². The maximum absolute atomic E-state index is 11.6. The first-order valence-corrected chi connectivity index (χ1v) is 7.13. The number of ether oxygens (including phenoxy) is 1. The van der Waals surface area contributed by atoms with Gasteiger partial charge in [-0.25, -0.2) is 0 Å². The van der Waals surface area contributed by atoms with Gasteiger partial charge in [-0.2, -0.15) is 0 Å². The molecule has 2 N–H and O–H groups in total. The van der Waals surface area contributed by atoms with Crippen LogP contribution in [0, 0.1) is 0 Å². The number of hydrogen-bond acceptors (Lipinski definition) is 3. The Morgan fingerprint density at radius 1 is 1.14 bits per heavy atom.